The second-order valence-corrected chi connectivity index (χ2v) is 2.07. The Bertz CT molecular complexity index is 314. The standard InChI is InChI=1S/C6H5N4/c1-10-2-5-6(9-4-10)8-3-7-5/h2,4H,1H3/q-1. The summed E-state index contributed by atoms with van der Waals surface area (Å²) in [5.41, 5.74) is 0.782. The third-order valence-corrected chi connectivity index (χ3v) is 1.24. The van der Waals surface area contributed by atoms with Crippen LogP contribution in [0.2, 0.25) is 0 Å². The zero-order valence-corrected chi connectivity index (χ0v) is 5.44. The molecule has 50 valence electrons. The highest BCUT2D eigenvalue weighted by Crippen LogP contribution is 2.09. The normalized spacial score (nSPS) is 10.5. The fraction of sp³-hybridized carbons (Fsp3) is 0.167. The van der Waals surface area contributed by atoms with Gasteiger partial charge in [-0.2, -0.15) is 0 Å². The van der Waals surface area contributed by atoms with E-state index in [-0.39, 0.29) is 0 Å². The molecular formula is C6H5N4-. The summed E-state index contributed by atoms with van der Waals surface area (Å²) in [6.45, 7) is 0. The maximum atomic E-state index is 4.00. The maximum absolute atomic E-state index is 4.00. The van der Waals surface area contributed by atoms with E-state index in [0.717, 1.165) is 5.69 Å². The summed E-state index contributed by atoms with van der Waals surface area (Å²) < 4.78 is 1.82. The molecule has 0 bridgehead atoms. The SMILES string of the molecule is Cn1cnc2n[c-]nc-2c1. The van der Waals surface area contributed by atoms with E-state index in [1.54, 1.807) is 6.33 Å². The molecule has 2 aliphatic rings. The molecule has 0 N–H and O–H groups in total. The van der Waals surface area contributed by atoms with Gasteiger partial charge in [0.05, 0.1) is 6.33 Å². The lowest BCUT2D eigenvalue weighted by Crippen LogP contribution is -1.94. The predicted molar refractivity (Wildman–Crippen MR) is 34.3 cm³/mol. The minimum absolute atomic E-state index is 0.651. The van der Waals surface area contributed by atoms with Gasteiger partial charge in [-0.3, -0.25) is 4.98 Å². The van der Waals surface area contributed by atoms with Gasteiger partial charge >= 0.3 is 0 Å². The van der Waals surface area contributed by atoms with E-state index >= 15 is 0 Å². The van der Waals surface area contributed by atoms with Crippen LogP contribution in [-0.4, -0.2) is 19.5 Å². The molecule has 10 heavy (non-hydrogen) atoms. The van der Waals surface area contributed by atoms with Crippen LogP contribution in [0.4, 0.5) is 0 Å². The number of hydrogen-bond donors (Lipinski definition) is 0. The minimum Gasteiger partial charge on any atom is -0.374 e. The first-order valence-corrected chi connectivity index (χ1v) is 2.88. The fourth-order valence-corrected chi connectivity index (χ4v) is 0.787. The van der Waals surface area contributed by atoms with E-state index in [9.17, 15) is 0 Å². The topological polar surface area (TPSA) is 43.6 Å². The molecular weight excluding hydrogens is 128 g/mol. The Morgan fingerprint density at radius 1 is 1.50 bits per heavy atom. The largest absolute Gasteiger partial charge is 0.374 e. The lowest BCUT2D eigenvalue weighted by atomic mass is 10.4. The monoisotopic (exact) mass is 133 g/mol. The highest BCUT2D eigenvalue weighted by atomic mass is 15.1. The number of rotatable bonds is 0. The Morgan fingerprint density at radius 2 is 2.40 bits per heavy atom. The van der Waals surface area contributed by atoms with Crippen molar-refractivity contribution in [1.82, 2.24) is 19.5 Å². The lowest BCUT2D eigenvalue weighted by molar-refractivity contribution is 0.858. The van der Waals surface area contributed by atoms with E-state index in [1.807, 2.05) is 17.8 Å². The molecule has 4 nitrogen and oxygen atoms in total. The zero-order valence-electron chi connectivity index (χ0n) is 5.44. The molecule has 0 aromatic carbocycles. The van der Waals surface area contributed by atoms with Gasteiger partial charge in [-0.05, 0) is 11.9 Å². The van der Waals surface area contributed by atoms with Gasteiger partial charge in [-0.1, -0.05) is 0 Å². The molecule has 0 aliphatic carbocycles. The van der Waals surface area contributed by atoms with Crippen LogP contribution in [-0.2, 0) is 7.05 Å². The van der Waals surface area contributed by atoms with Gasteiger partial charge in [0.1, 0.15) is 0 Å². The number of nitrogens with zero attached hydrogens (tertiary/aromatic N) is 4. The van der Waals surface area contributed by atoms with Crippen molar-refractivity contribution in [1.29, 1.82) is 0 Å². The van der Waals surface area contributed by atoms with Crippen LogP contribution in [0.1, 0.15) is 0 Å². The Balaban J connectivity index is 2.75. The highest BCUT2D eigenvalue weighted by Gasteiger charge is 1.91. The molecule has 0 unspecified atom stereocenters. The van der Waals surface area contributed by atoms with Gasteiger partial charge in [0.25, 0.3) is 0 Å². The predicted octanol–water partition coefficient (Wildman–Crippen LogP) is 0.115. The van der Waals surface area contributed by atoms with E-state index in [2.05, 4.69) is 21.3 Å². The zero-order chi connectivity index (χ0) is 6.97. The molecule has 0 aromatic heterocycles. The first kappa shape index (κ1) is 5.34. The first-order valence-electron chi connectivity index (χ1n) is 2.88. The van der Waals surface area contributed by atoms with Crippen molar-refractivity contribution >= 4 is 0 Å². The van der Waals surface area contributed by atoms with Crippen LogP contribution in [0.25, 0.3) is 11.5 Å². The Labute approximate surface area is 57.9 Å². The Kier molecular flexibility index (Phi) is 0.943. The average Bonchev–Trinajstić information content (AvgIpc) is 2.33. The Hall–Kier alpha value is -1.45. The molecule has 2 rings (SSSR count). The van der Waals surface area contributed by atoms with Crippen LogP contribution in [0.3, 0.4) is 0 Å². The van der Waals surface area contributed by atoms with E-state index in [1.165, 1.54) is 0 Å². The lowest BCUT2D eigenvalue weighted by Gasteiger charge is -2.05. The van der Waals surface area contributed by atoms with Crippen molar-refractivity contribution in [2.24, 2.45) is 7.05 Å². The maximum Gasteiger partial charge on any atom is 0.0805 e. The summed E-state index contributed by atoms with van der Waals surface area (Å²) in [5, 5.41) is 0. The quantitative estimate of drug-likeness (QED) is 0.479. The van der Waals surface area contributed by atoms with Crippen molar-refractivity contribution in [3.05, 3.63) is 18.9 Å². The van der Waals surface area contributed by atoms with E-state index < -0.39 is 0 Å². The number of imidazole rings is 1. The van der Waals surface area contributed by atoms with E-state index in [0.29, 0.717) is 5.82 Å². The molecule has 0 saturated carbocycles. The first-order chi connectivity index (χ1) is 4.86. The summed E-state index contributed by atoms with van der Waals surface area (Å²) >= 11 is 0. The van der Waals surface area contributed by atoms with Gasteiger partial charge in [0, 0.05) is 19.2 Å². The molecule has 0 atom stereocenters. The third kappa shape index (κ3) is 0.655. The van der Waals surface area contributed by atoms with Crippen molar-refractivity contribution in [2.75, 3.05) is 0 Å². The van der Waals surface area contributed by atoms with Gasteiger partial charge in [0.2, 0.25) is 0 Å². The van der Waals surface area contributed by atoms with Crippen molar-refractivity contribution in [2.45, 2.75) is 0 Å². The molecule has 0 spiro atoms. The second kappa shape index (κ2) is 1.76. The molecule has 0 amide bonds. The van der Waals surface area contributed by atoms with Gasteiger partial charge in [-0.15, -0.1) is 0 Å². The average molecular weight is 133 g/mol. The van der Waals surface area contributed by atoms with Gasteiger partial charge in [-0.25, -0.2) is 0 Å². The number of aryl methyl sites for hydroxylation is 1. The highest BCUT2D eigenvalue weighted by molar-refractivity contribution is 5.47. The molecule has 0 radical (unpaired) electrons. The number of aromatic nitrogens is 4. The molecule has 2 aliphatic heterocycles. The third-order valence-electron chi connectivity index (χ3n) is 1.24. The molecule has 0 aromatic rings. The van der Waals surface area contributed by atoms with Crippen LogP contribution >= 0.6 is 0 Å². The molecule has 4 heteroatoms. The summed E-state index contributed by atoms with van der Waals surface area (Å²) in [6, 6.07) is 0. The van der Waals surface area contributed by atoms with Crippen LogP contribution in [0.15, 0.2) is 12.5 Å². The number of hydrogen-bond acceptors (Lipinski definition) is 3. The van der Waals surface area contributed by atoms with Crippen molar-refractivity contribution < 1.29 is 0 Å². The smallest absolute Gasteiger partial charge is 0.0805 e. The number of fused-ring (bicyclic) bond motifs is 1. The summed E-state index contributed by atoms with van der Waals surface area (Å²) in [5.74, 6) is 0.651. The molecule has 0 fully saturated rings. The Morgan fingerprint density at radius 3 is 3.30 bits per heavy atom. The van der Waals surface area contributed by atoms with Crippen LogP contribution < -0.4 is 0 Å². The summed E-state index contributed by atoms with van der Waals surface area (Å²) in [7, 11) is 1.89. The van der Waals surface area contributed by atoms with Crippen molar-refractivity contribution in [3.8, 4) is 11.5 Å². The van der Waals surface area contributed by atoms with Gasteiger partial charge in [0.15, 0.2) is 0 Å². The molecule has 0 saturated heterocycles. The summed E-state index contributed by atoms with van der Waals surface area (Å²) in [4.78, 5) is 11.7. The van der Waals surface area contributed by atoms with Crippen LogP contribution in [0, 0.1) is 6.33 Å². The van der Waals surface area contributed by atoms with Gasteiger partial charge < -0.3 is 14.5 Å². The fourth-order valence-electron chi connectivity index (χ4n) is 0.787. The minimum atomic E-state index is 0.651. The summed E-state index contributed by atoms with van der Waals surface area (Å²) in [6.07, 6.45) is 6.03. The molecule has 2 heterocycles. The van der Waals surface area contributed by atoms with Crippen molar-refractivity contribution in [3.63, 3.8) is 0 Å². The van der Waals surface area contributed by atoms with E-state index in [4.69, 9.17) is 0 Å². The second-order valence-electron chi connectivity index (χ2n) is 2.07. The van der Waals surface area contributed by atoms with Crippen LogP contribution in [0.5, 0.6) is 0 Å².